The van der Waals surface area contributed by atoms with Crippen molar-refractivity contribution in [1.82, 2.24) is 0 Å². The second kappa shape index (κ2) is 12.4. The van der Waals surface area contributed by atoms with E-state index in [9.17, 15) is 13.2 Å². The van der Waals surface area contributed by atoms with Crippen LogP contribution in [0.1, 0.15) is 42.4 Å². The number of halogens is 3. The summed E-state index contributed by atoms with van der Waals surface area (Å²) < 4.78 is 52.0. The summed E-state index contributed by atoms with van der Waals surface area (Å²) in [6.07, 6.45) is -2.23. The number of para-hydroxylation sites is 1. The first-order valence-electron chi connectivity index (χ1n) is 10.8. The van der Waals surface area contributed by atoms with E-state index >= 15 is 0 Å². The standard InChI is InChI=1S/C24H24F3N3O3S/c25-24(26,27)20-14-17(23-30-29-19(10-11-31)16-34-23)8-9-22(20)33-13-5-1-4-12-32-21-7-3-2-6-18(21)15-28/h2-3,6-9,14,31H,1,4-5,10-13,16H2. The van der Waals surface area contributed by atoms with E-state index < -0.39 is 11.7 Å². The molecule has 1 heterocycles. The molecule has 1 N–H and O–H groups in total. The predicted octanol–water partition coefficient (Wildman–Crippen LogP) is 5.44. The van der Waals surface area contributed by atoms with Gasteiger partial charge in [0.25, 0.3) is 0 Å². The van der Waals surface area contributed by atoms with E-state index in [1.165, 1.54) is 17.8 Å². The van der Waals surface area contributed by atoms with Gasteiger partial charge in [0.15, 0.2) is 0 Å². The maximum atomic E-state index is 13.6. The summed E-state index contributed by atoms with van der Waals surface area (Å²) in [6, 6.07) is 12.9. The van der Waals surface area contributed by atoms with Crippen LogP contribution < -0.4 is 9.47 Å². The molecule has 1 aliphatic rings. The first-order chi connectivity index (χ1) is 16.4. The molecule has 0 amide bonds. The number of ether oxygens (including phenoxy) is 2. The van der Waals surface area contributed by atoms with Gasteiger partial charge in [-0.2, -0.15) is 23.5 Å². The molecule has 180 valence electrons. The third-order valence-electron chi connectivity index (χ3n) is 4.90. The normalized spacial score (nSPS) is 13.6. The highest BCUT2D eigenvalue weighted by atomic mass is 32.2. The lowest BCUT2D eigenvalue weighted by Crippen LogP contribution is -2.14. The van der Waals surface area contributed by atoms with Crippen LogP contribution in [0.4, 0.5) is 13.2 Å². The van der Waals surface area contributed by atoms with Gasteiger partial charge < -0.3 is 14.6 Å². The summed E-state index contributed by atoms with van der Waals surface area (Å²) in [6.45, 7) is 0.502. The molecule has 34 heavy (non-hydrogen) atoms. The second-order valence-electron chi connectivity index (χ2n) is 7.41. The summed E-state index contributed by atoms with van der Waals surface area (Å²) in [5.74, 6) is 0.777. The lowest BCUT2D eigenvalue weighted by Gasteiger charge is -2.17. The number of rotatable bonds is 11. The largest absolute Gasteiger partial charge is 0.493 e. The number of nitriles is 1. The predicted molar refractivity (Wildman–Crippen MR) is 126 cm³/mol. The fourth-order valence-corrected chi connectivity index (χ4v) is 4.06. The van der Waals surface area contributed by atoms with Gasteiger partial charge in [0.05, 0.1) is 30.1 Å². The van der Waals surface area contributed by atoms with Crippen molar-refractivity contribution in [3.8, 4) is 17.6 Å². The van der Waals surface area contributed by atoms with Crippen molar-refractivity contribution >= 4 is 22.5 Å². The minimum Gasteiger partial charge on any atom is -0.493 e. The van der Waals surface area contributed by atoms with Crippen LogP contribution in [0.15, 0.2) is 52.7 Å². The average Bonchev–Trinajstić information content (AvgIpc) is 2.84. The Hall–Kier alpha value is -3.03. The smallest absolute Gasteiger partial charge is 0.419 e. The summed E-state index contributed by atoms with van der Waals surface area (Å²) in [7, 11) is 0. The average molecular weight is 492 g/mol. The number of aliphatic hydroxyl groups is 1. The molecule has 2 aromatic carbocycles. The van der Waals surface area contributed by atoms with Crippen LogP contribution in [-0.2, 0) is 6.18 Å². The number of aliphatic hydroxyl groups excluding tert-OH is 1. The lowest BCUT2D eigenvalue weighted by molar-refractivity contribution is -0.139. The number of thioether (sulfide) groups is 1. The van der Waals surface area contributed by atoms with Crippen LogP contribution in [-0.4, -0.2) is 41.4 Å². The van der Waals surface area contributed by atoms with Crippen molar-refractivity contribution in [2.24, 2.45) is 10.2 Å². The Morgan fingerprint density at radius 3 is 2.38 bits per heavy atom. The number of hydrogen-bond acceptors (Lipinski definition) is 7. The quantitative estimate of drug-likeness (QED) is 0.423. The fraction of sp³-hybridized carbons (Fsp3) is 0.375. The van der Waals surface area contributed by atoms with E-state index in [-0.39, 0.29) is 19.0 Å². The maximum absolute atomic E-state index is 13.6. The first kappa shape index (κ1) is 25.6. The van der Waals surface area contributed by atoms with Gasteiger partial charge in [-0.3, -0.25) is 0 Å². The fourth-order valence-electron chi connectivity index (χ4n) is 3.16. The minimum atomic E-state index is -4.57. The summed E-state index contributed by atoms with van der Waals surface area (Å²) >= 11 is 1.29. The van der Waals surface area contributed by atoms with Crippen molar-refractivity contribution in [3.05, 3.63) is 59.2 Å². The van der Waals surface area contributed by atoms with E-state index in [1.54, 1.807) is 30.3 Å². The van der Waals surface area contributed by atoms with Gasteiger partial charge in [-0.05, 0) is 49.6 Å². The van der Waals surface area contributed by atoms with Crippen LogP contribution in [0.3, 0.4) is 0 Å². The molecule has 10 heteroatoms. The number of alkyl halides is 3. The van der Waals surface area contributed by atoms with Crippen molar-refractivity contribution in [2.75, 3.05) is 25.6 Å². The van der Waals surface area contributed by atoms with Crippen LogP contribution in [0, 0.1) is 11.3 Å². The van der Waals surface area contributed by atoms with Crippen molar-refractivity contribution < 1.29 is 27.8 Å². The minimum absolute atomic E-state index is 0.0450. The molecule has 0 radical (unpaired) electrons. The Kier molecular flexibility index (Phi) is 9.36. The van der Waals surface area contributed by atoms with Crippen LogP contribution in [0.25, 0.3) is 0 Å². The van der Waals surface area contributed by atoms with Crippen LogP contribution >= 0.6 is 11.8 Å². The molecular formula is C24H24F3N3O3S. The molecule has 0 unspecified atom stereocenters. The van der Waals surface area contributed by atoms with Gasteiger partial charge in [-0.15, -0.1) is 5.10 Å². The van der Waals surface area contributed by atoms with Gasteiger partial charge >= 0.3 is 6.18 Å². The maximum Gasteiger partial charge on any atom is 0.419 e. The Bertz CT molecular complexity index is 1080. The number of hydrogen-bond donors (Lipinski definition) is 1. The molecule has 6 nitrogen and oxygen atoms in total. The van der Waals surface area contributed by atoms with Gasteiger partial charge in [0, 0.05) is 24.3 Å². The lowest BCUT2D eigenvalue weighted by atomic mass is 10.1. The second-order valence-corrected chi connectivity index (χ2v) is 8.37. The number of nitrogens with zero attached hydrogens (tertiary/aromatic N) is 3. The molecular weight excluding hydrogens is 467 g/mol. The summed E-state index contributed by atoms with van der Waals surface area (Å²) in [5.41, 5.74) is 0.636. The van der Waals surface area contributed by atoms with Crippen LogP contribution in [0.5, 0.6) is 11.5 Å². The molecule has 3 rings (SSSR count). The van der Waals surface area contributed by atoms with Crippen LogP contribution in [0.2, 0.25) is 0 Å². The highest BCUT2D eigenvalue weighted by Gasteiger charge is 2.35. The number of unbranched alkanes of at least 4 members (excludes halogenated alkanes) is 2. The third kappa shape index (κ3) is 7.23. The zero-order chi connectivity index (χ0) is 24.4. The first-order valence-corrected chi connectivity index (χ1v) is 11.7. The molecule has 0 atom stereocenters. The van der Waals surface area contributed by atoms with Crippen molar-refractivity contribution in [3.63, 3.8) is 0 Å². The van der Waals surface area contributed by atoms with Gasteiger partial charge in [0.1, 0.15) is 22.6 Å². The van der Waals surface area contributed by atoms with Crippen molar-refractivity contribution in [2.45, 2.75) is 31.9 Å². The topological polar surface area (TPSA) is 87.2 Å². The molecule has 0 bridgehead atoms. The zero-order valence-electron chi connectivity index (χ0n) is 18.3. The Morgan fingerprint density at radius 2 is 1.74 bits per heavy atom. The molecule has 0 spiro atoms. The molecule has 0 saturated carbocycles. The van der Waals surface area contributed by atoms with E-state index in [2.05, 4.69) is 16.3 Å². The van der Waals surface area contributed by atoms with E-state index in [0.29, 0.717) is 65.7 Å². The molecule has 1 aliphatic heterocycles. The molecule has 0 saturated heterocycles. The molecule has 0 fully saturated rings. The Balaban J connectivity index is 1.52. The highest BCUT2D eigenvalue weighted by Crippen LogP contribution is 2.38. The van der Waals surface area contributed by atoms with E-state index in [0.717, 1.165) is 6.07 Å². The highest BCUT2D eigenvalue weighted by molar-refractivity contribution is 8.15. The van der Waals surface area contributed by atoms with E-state index in [4.69, 9.17) is 19.8 Å². The number of benzene rings is 2. The molecule has 0 aliphatic carbocycles. The molecule has 0 aromatic heterocycles. The third-order valence-corrected chi connectivity index (χ3v) is 5.97. The van der Waals surface area contributed by atoms with Gasteiger partial charge in [-0.1, -0.05) is 23.9 Å². The SMILES string of the molecule is N#Cc1ccccc1OCCCCCOc1ccc(C2=NN=C(CCO)CS2)cc1C(F)(F)F. The zero-order valence-corrected chi connectivity index (χ0v) is 19.2. The Morgan fingerprint density at radius 1 is 1.00 bits per heavy atom. The van der Waals surface area contributed by atoms with Crippen molar-refractivity contribution in [1.29, 1.82) is 5.26 Å². The Labute approximate surface area is 200 Å². The van der Waals surface area contributed by atoms with Gasteiger partial charge in [-0.25, -0.2) is 0 Å². The monoisotopic (exact) mass is 491 g/mol. The van der Waals surface area contributed by atoms with Gasteiger partial charge in [0.2, 0.25) is 0 Å². The summed E-state index contributed by atoms with van der Waals surface area (Å²) in [4.78, 5) is 0. The summed E-state index contributed by atoms with van der Waals surface area (Å²) in [5, 5.41) is 26.4. The molecule has 2 aromatic rings. The van der Waals surface area contributed by atoms with E-state index in [1.807, 2.05) is 0 Å².